The SMILES string of the molecule is CCOC(=O)c1c[nH]c(-c2ccccc2C(F)(F)F)c1C. The number of aromatic nitrogens is 1. The molecule has 0 bridgehead atoms. The zero-order valence-electron chi connectivity index (χ0n) is 11.5. The number of nitrogens with one attached hydrogen (secondary N) is 1. The Morgan fingerprint density at radius 3 is 2.57 bits per heavy atom. The molecule has 1 aromatic heterocycles. The van der Waals surface area contributed by atoms with Crippen molar-refractivity contribution >= 4 is 5.97 Å². The fraction of sp³-hybridized carbons (Fsp3) is 0.267. The normalized spacial score (nSPS) is 11.5. The van der Waals surface area contributed by atoms with Crippen LogP contribution < -0.4 is 0 Å². The van der Waals surface area contributed by atoms with Gasteiger partial charge in [-0.25, -0.2) is 4.79 Å². The Labute approximate surface area is 119 Å². The predicted molar refractivity (Wildman–Crippen MR) is 71.9 cm³/mol. The van der Waals surface area contributed by atoms with E-state index in [4.69, 9.17) is 4.74 Å². The second-order valence-corrected chi connectivity index (χ2v) is 4.47. The Hall–Kier alpha value is -2.24. The van der Waals surface area contributed by atoms with E-state index in [0.29, 0.717) is 5.56 Å². The van der Waals surface area contributed by atoms with Crippen LogP contribution in [0, 0.1) is 6.92 Å². The predicted octanol–water partition coefficient (Wildman–Crippen LogP) is 4.19. The number of H-pyrrole nitrogens is 1. The van der Waals surface area contributed by atoms with Crippen LogP contribution in [0.4, 0.5) is 13.2 Å². The summed E-state index contributed by atoms with van der Waals surface area (Å²) in [6.07, 6.45) is -3.09. The van der Waals surface area contributed by atoms with Crippen LogP contribution in [0.1, 0.15) is 28.4 Å². The average molecular weight is 297 g/mol. The van der Waals surface area contributed by atoms with Gasteiger partial charge in [0.2, 0.25) is 0 Å². The molecule has 0 atom stereocenters. The van der Waals surface area contributed by atoms with Gasteiger partial charge in [0.25, 0.3) is 0 Å². The maximum atomic E-state index is 13.0. The lowest BCUT2D eigenvalue weighted by Gasteiger charge is -2.12. The Balaban J connectivity index is 2.52. The van der Waals surface area contributed by atoms with E-state index in [9.17, 15) is 18.0 Å². The van der Waals surface area contributed by atoms with Gasteiger partial charge in [-0.3, -0.25) is 0 Å². The molecule has 1 N–H and O–H groups in total. The van der Waals surface area contributed by atoms with Crippen LogP contribution in [-0.4, -0.2) is 17.6 Å². The van der Waals surface area contributed by atoms with E-state index < -0.39 is 17.7 Å². The second kappa shape index (κ2) is 5.63. The van der Waals surface area contributed by atoms with E-state index >= 15 is 0 Å². The van der Waals surface area contributed by atoms with Gasteiger partial charge in [-0.15, -0.1) is 0 Å². The minimum atomic E-state index is -4.46. The summed E-state index contributed by atoms with van der Waals surface area (Å²) in [6, 6.07) is 5.24. The molecule has 1 aromatic carbocycles. The van der Waals surface area contributed by atoms with Crippen molar-refractivity contribution in [3.05, 3.63) is 47.2 Å². The second-order valence-electron chi connectivity index (χ2n) is 4.47. The molecule has 0 amide bonds. The Kier molecular flexibility index (Phi) is 4.06. The molecule has 1 heterocycles. The number of rotatable bonds is 3. The number of carbonyl (C=O) groups is 1. The van der Waals surface area contributed by atoms with E-state index in [2.05, 4.69) is 4.98 Å². The molecule has 2 rings (SSSR count). The molecule has 112 valence electrons. The summed E-state index contributed by atoms with van der Waals surface area (Å²) in [4.78, 5) is 14.5. The quantitative estimate of drug-likeness (QED) is 0.863. The molecule has 3 nitrogen and oxygen atoms in total. The van der Waals surface area contributed by atoms with Gasteiger partial charge in [-0.1, -0.05) is 18.2 Å². The van der Waals surface area contributed by atoms with E-state index in [1.54, 1.807) is 13.8 Å². The lowest BCUT2D eigenvalue weighted by molar-refractivity contribution is -0.137. The molecule has 0 unspecified atom stereocenters. The lowest BCUT2D eigenvalue weighted by atomic mass is 10.0. The van der Waals surface area contributed by atoms with E-state index in [0.717, 1.165) is 6.07 Å². The van der Waals surface area contributed by atoms with Gasteiger partial charge in [0.1, 0.15) is 0 Å². The van der Waals surface area contributed by atoms with Crippen molar-refractivity contribution in [1.82, 2.24) is 4.98 Å². The third-order valence-corrected chi connectivity index (χ3v) is 3.14. The molecule has 0 spiro atoms. The van der Waals surface area contributed by atoms with Gasteiger partial charge in [-0.2, -0.15) is 13.2 Å². The lowest BCUT2D eigenvalue weighted by Crippen LogP contribution is -2.08. The molecule has 0 aliphatic heterocycles. The minimum absolute atomic E-state index is 0.0121. The van der Waals surface area contributed by atoms with Crippen LogP contribution in [0.2, 0.25) is 0 Å². The van der Waals surface area contributed by atoms with Crippen LogP contribution in [0.5, 0.6) is 0 Å². The zero-order chi connectivity index (χ0) is 15.6. The first-order valence-corrected chi connectivity index (χ1v) is 6.38. The maximum absolute atomic E-state index is 13.0. The number of halogens is 3. The number of hydrogen-bond acceptors (Lipinski definition) is 2. The third-order valence-electron chi connectivity index (χ3n) is 3.14. The first-order chi connectivity index (χ1) is 9.86. The van der Waals surface area contributed by atoms with Crippen LogP contribution in [0.25, 0.3) is 11.3 Å². The molecule has 6 heteroatoms. The number of aromatic amines is 1. The van der Waals surface area contributed by atoms with Crippen LogP contribution in [0.3, 0.4) is 0 Å². The Bertz CT molecular complexity index is 659. The highest BCUT2D eigenvalue weighted by Gasteiger charge is 2.34. The summed E-state index contributed by atoms with van der Waals surface area (Å²) in [6.45, 7) is 3.46. The first-order valence-electron chi connectivity index (χ1n) is 6.38. The summed E-state index contributed by atoms with van der Waals surface area (Å²) in [5.41, 5.74) is 0.211. The number of ether oxygens (including phenoxy) is 1. The average Bonchev–Trinajstić information content (AvgIpc) is 2.80. The van der Waals surface area contributed by atoms with Crippen molar-refractivity contribution in [3.63, 3.8) is 0 Å². The van der Waals surface area contributed by atoms with E-state index in [1.807, 2.05) is 0 Å². The number of esters is 1. The minimum Gasteiger partial charge on any atom is -0.462 e. The summed E-state index contributed by atoms with van der Waals surface area (Å²) in [5.74, 6) is -0.554. The highest BCUT2D eigenvalue weighted by Crippen LogP contribution is 2.38. The van der Waals surface area contributed by atoms with Gasteiger partial charge < -0.3 is 9.72 Å². The topological polar surface area (TPSA) is 42.1 Å². The fourth-order valence-electron chi connectivity index (χ4n) is 2.14. The Morgan fingerprint density at radius 2 is 1.95 bits per heavy atom. The Morgan fingerprint density at radius 1 is 1.29 bits per heavy atom. The summed E-state index contributed by atoms with van der Waals surface area (Å²) in [7, 11) is 0. The van der Waals surface area contributed by atoms with Gasteiger partial charge in [0.05, 0.1) is 17.7 Å². The smallest absolute Gasteiger partial charge is 0.417 e. The van der Waals surface area contributed by atoms with Crippen molar-refractivity contribution < 1.29 is 22.7 Å². The summed E-state index contributed by atoms with van der Waals surface area (Å²) in [5, 5.41) is 0. The molecule has 0 aliphatic carbocycles. The van der Waals surface area contributed by atoms with Crippen molar-refractivity contribution in [2.75, 3.05) is 6.61 Å². The summed E-state index contributed by atoms with van der Waals surface area (Å²) < 4.78 is 44.0. The highest BCUT2D eigenvalue weighted by molar-refractivity contribution is 5.93. The molecular formula is C15H14F3NO2. The number of benzene rings is 1. The third kappa shape index (κ3) is 2.94. The van der Waals surface area contributed by atoms with Gasteiger partial charge in [-0.05, 0) is 25.5 Å². The van der Waals surface area contributed by atoms with Crippen LogP contribution >= 0.6 is 0 Å². The zero-order valence-corrected chi connectivity index (χ0v) is 11.5. The van der Waals surface area contributed by atoms with Crippen molar-refractivity contribution in [1.29, 1.82) is 0 Å². The monoisotopic (exact) mass is 297 g/mol. The maximum Gasteiger partial charge on any atom is 0.417 e. The van der Waals surface area contributed by atoms with Crippen molar-refractivity contribution in [2.45, 2.75) is 20.0 Å². The van der Waals surface area contributed by atoms with Gasteiger partial charge in [0.15, 0.2) is 0 Å². The van der Waals surface area contributed by atoms with E-state index in [-0.39, 0.29) is 23.4 Å². The molecule has 21 heavy (non-hydrogen) atoms. The largest absolute Gasteiger partial charge is 0.462 e. The van der Waals surface area contributed by atoms with Crippen molar-refractivity contribution in [3.8, 4) is 11.3 Å². The molecular weight excluding hydrogens is 283 g/mol. The van der Waals surface area contributed by atoms with E-state index in [1.165, 1.54) is 24.4 Å². The molecule has 2 aromatic rings. The molecule has 0 fully saturated rings. The first kappa shape index (κ1) is 15.2. The number of alkyl halides is 3. The fourth-order valence-corrected chi connectivity index (χ4v) is 2.14. The number of hydrogen-bond donors (Lipinski definition) is 1. The number of carbonyl (C=O) groups excluding carboxylic acids is 1. The molecule has 0 radical (unpaired) electrons. The molecule has 0 saturated heterocycles. The molecule has 0 saturated carbocycles. The molecule has 0 aliphatic rings. The standard InChI is InChI=1S/C15H14F3NO2/c1-3-21-14(20)11-8-19-13(9(11)2)10-6-4-5-7-12(10)15(16,17)18/h4-8,19H,3H2,1-2H3. The van der Waals surface area contributed by atoms with Crippen LogP contribution in [0.15, 0.2) is 30.5 Å². The van der Waals surface area contributed by atoms with Crippen molar-refractivity contribution in [2.24, 2.45) is 0 Å². The van der Waals surface area contributed by atoms with Crippen LogP contribution in [-0.2, 0) is 10.9 Å². The van der Waals surface area contributed by atoms with Gasteiger partial charge >= 0.3 is 12.1 Å². The highest BCUT2D eigenvalue weighted by atomic mass is 19.4. The van der Waals surface area contributed by atoms with Gasteiger partial charge in [0, 0.05) is 17.5 Å². The summed E-state index contributed by atoms with van der Waals surface area (Å²) >= 11 is 0.